The molecule has 6 nitrogen and oxygen atoms in total. The zero-order chi connectivity index (χ0) is 17.3. The SMILES string of the molecule is CCN1C[C@H](C(=O)N2CCc3sc(C(=O)NC)cc3C2)CCC1=O. The third-order valence-corrected chi connectivity index (χ3v) is 6.10. The van der Waals surface area contributed by atoms with E-state index >= 15 is 0 Å². The largest absolute Gasteiger partial charge is 0.354 e. The first-order chi connectivity index (χ1) is 11.5. The van der Waals surface area contributed by atoms with Gasteiger partial charge in [0.05, 0.1) is 10.8 Å². The molecule has 0 aliphatic carbocycles. The lowest BCUT2D eigenvalue weighted by molar-refractivity contribution is -0.143. The molecule has 1 atom stereocenters. The van der Waals surface area contributed by atoms with Gasteiger partial charge in [0.2, 0.25) is 11.8 Å². The van der Waals surface area contributed by atoms with E-state index in [0.717, 1.165) is 12.0 Å². The van der Waals surface area contributed by atoms with Gasteiger partial charge in [-0.15, -0.1) is 11.3 Å². The first kappa shape index (κ1) is 17.0. The lowest BCUT2D eigenvalue weighted by atomic mass is 9.95. The lowest BCUT2D eigenvalue weighted by Crippen LogP contribution is -2.47. The molecule has 0 radical (unpaired) electrons. The van der Waals surface area contributed by atoms with Gasteiger partial charge in [-0.1, -0.05) is 0 Å². The van der Waals surface area contributed by atoms with Gasteiger partial charge in [-0.05, 0) is 31.4 Å². The summed E-state index contributed by atoms with van der Waals surface area (Å²) in [6.07, 6.45) is 1.90. The Hall–Kier alpha value is -1.89. The van der Waals surface area contributed by atoms with Crippen molar-refractivity contribution in [1.82, 2.24) is 15.1 Å². The summed E-state index contributed by atoms with van der Waals surface area (Å²) in [5, 5.41) is 2.65. The van der Waals surface area contributed by atoms with Crippen molar-refractivity contribution in [3.63, 3.8) is 0 Å². The van der Waals surface area contributed by atoms with Gasteiger partial charge in [0.25, 0.3) is 5.91 Å². The fraction of sp³-hybridized carbons (Fsp3) is 0.588. The van der Waals surface area contributed by atoms with Crippen LogP contribution in [0.1, 0.15) is 39.9 Å². The standard InChI is InChI=1S/C17H23N3O3S/c1-3-19-9-11(4-5-15(19)21)17(23)20-7-6-13-12(10-20)8-14(24-13)16(22)18-2/h8,11H,3-7,9-10H2,1-2H3,(H,18,22)/t11-/m1/s1. The Morgan fingerprint density at radius 2 is 2.17 bits per heavy atom. The van der Waals surface area contributed by atoms with Crippen molar-refractivity contribution >= 4 is 29.1 Å². The van der Waals surface area contributed by atoms with Gasteiger partial charge in [-0.25, -0.2) is 0 Å². The molecule has 7 heteroatoms. The smallest absolute Gasteiger partial charge is 0.261 e. The molecule has 130 valence electrons. The Kier molecular flexibility index (Phi) is 4.89. The topological polar surface area (TPSA) is 69.7 Å². The third-order valence-electron chi connectivity index (χ3n) is 4.86. The summed E-state index contributed by atoms with van der Waals surface area (Å²) in [4.78, 5) is 42.0. The minimum Gasteiger partial charge on any atom is -0.354 e. The molecule has 1 aromatic heterocycles. The Balaban J connectivity index is 1.68. The average Bonchev–Trinajstić information content (AvgIpc) is 3.04. The monoisotopic (exact) mass is 349 g/mol. The van der Waals surface area contributed by atoms with Crippen molar-refractivity contribution in [2.75, 3.05) is 26.7 Å². The van der Waals surface area contributed by atoms with Crippen molar-refractivity contribution < 1.29 is 14.4 Å². The number of carbonyl (C=O) groups excluding carboxylic acids is 3. The molecule has 1 aromatic rings. The van der Waals surface area contributed by atoms with Gasteiger partial charge in [0.15, 0.2) is 0 Å². The van der Waals surface area contributed by atoms with Crippen LogP contribution in [-0.4, -0.2) is 54.2 Å². The van der Waals surface area contributed by atoms with E-state index in [9.17, 15) is 14.4 Å². The molecule has 0 unspecified atom stereocenters. The molecule has 1 saturated heterocycles. The highest BCUT2D eigenvalue weighted by molar-refractivity contribution is 7.14. The van der Waals surface area contributed by atoms with Gasteiger partial charge in [0, 0.05) is 44.5 Å². The van der Waals surface area contributed by atoms with Crippen LogP contribution in [0.2, 0.25) is 0 Å². The summed E-state index contributed by atoms with van der Waals surface area (Å²) in [5.41, 5.74) is 1.08. The van der Waals surface area contributed by atoms with Crippen LogP contribution in [0.4, 0.5) is 0 Å². The lowest BCUT2D eigenvalue weighted by Gasteiger charge is -2.35. The second kappa shape index (κ2) is 6.93. The highest BCUT2D eigenvalue weighted by Crippen LogP contribution is 2.30. The van der Waals surface area contributed by atoms with Crippen LogP contribution < -0.4 is 5.32 Å². The zero-order valence-electron chi connectivity index (χ0n) is 14.1. The van der Waals surface area contributed by atoms with Crippen molar-refractivity contribution in [1.29, 1.82) is 0 Å². The number of nitrogens with one attached hydrogen (secondary N) is 1. The number of thiophene rings is 1. The minimum atomic E-state index is -0.0961. The second-order valence-corrected chi connectivity index (χ2v) is 7.45. The molecular weight excluding hydrogens is 326 g/mol. The summed E-state index contributed by atoms with van der Waals surface area (Å²) in [7, 11) is 1.63. The molecule has 0 aromatic carbocycles. The van der Waals surface area contributed by atoms with Crippen LogP contribution in [0.5, 0.6) is 0 Å². The highest BCUT2D eigenvalue weighted by Gasteiger charge is 2.33. The fourth-order valence-corrected chi connectivity index (χ4v) is 4.55. The Labute approximate surface area is 145 Å². The van der Waals surface area contributed by atoms with Crippen LogP contribution in [0, 0.1) is 5.92 Å². The molecule has 24 heavy (non-hydrogen) atoms. The number of hydrogen-bond acceptors (Lipinski definition) is 4. The second-order valence-electron chi connectivity index (χ2n) is 6.32. The molecule has 2 aliphatic heterocycles. The Morgan fingerprint density at radius 3 is 2.88 bits per heavy atom. The molecule has 0 bridgehead atoms. The maximum Gasteiger partial charge on any atom is 0.261 e. The van der Waals surface area contributed by atoms with Crippen molar-refractivity contribution in [2.45, 2.75) is 32.7 Å². The molecule has 0 spiro atoms. The molecule has 3 rings (SSSR count). The summed E-state index contributed by atoms with van der Waals surface area (Å²) in [6.45, 7) is 4.40. The van der Waals surface area contributed by atoms with Crippen molar-refractivity contribution in [3.8, 4) is 0 Å². The molecule has 1 fully saturated rings. The zero-order valence-corrected chi connectivity index (χ0v) is 14.9. The normalized spacial score (nSPS) is 20.8. The molecule has 2 aliphatic rings. The Bertz CT molecular complexity index is 670. The number of rotatable bonds is 3. The number of carbonyl (C=O) groups is 3. The maximum atomic E-state index is 12.8. The quantitative estimate of drug-likeness (QED) is 0.893. The van der Waals surface area contributed by atoms with E-state index in [1.807, 2.05) is 17.9 Å². The average molecular weight is 349 g/mol. The Morgan fingerprint density at radius 1 is 1.38 bits per heavy atom. The fourth-order valence-electron chi connectivity index (χ4n) is 3.44. The highest BCUT2D eigenvalue weighted by atomic mass is 32.1. The van der Waals surface area contributed by atoms with Crippen molar-refractivity contribution in [3.05, 3.63) is 21.4 Å². The van der Waals surface area contributed by atoms with E-state index < -0.39 is 0 Å². The molecular formula is C17H23N3O3S. The van der Waals surface area contributed by atoms with Gasteiger partial charge in [-0.3, -0.25) is 14.4 Å². The first-order valence-corrected chi connectivity index (χ1v) is 9.25. The molecule has 0 saturated carbocycles. The minimum absolute atomic E-state index is 0.0725. The van der Waals surface area contributed by atoms with E-state index in [2.05, 4.69) is 5.32 Å². The number of likely N-dealkylation sites (tertiary alicyclic amines) is 1. The van der Waals surface area contributed by atoms with Crippen molar-refractivity contribution in [2.24, 2.45) is 5.92 Å². The number of fused-ring (bicyclic) bond motifs is 1. The predicted molar refractivity (Wildman–Crippen MR) is 91.8 cm³/mol. The van der Waals surface area contributed by atoms with Gasteiger partial charge < -0.3 is 15.1 Å². The van der Waals surface area contributed by atoms with Crippen LogP contribution in [0.3, 0.4) is 0 Å². The summed E-state index contributed by atoms with van der Waals surface area (Å²) >= 11 is 1.52. The third kappa shape index (κ3) is 3.17. The summed E-state index contributed by atoms with van der Waals surface area (Å²) in [5.74, 6) is 0.118. The number of nitrogens with zero attached hydrogens (tertiary/aromatic N) is 2. The van der Waals surface area contributed by atoms with Gasteiger partial charge >= 0.3 is 0 Å². The van der Waals surface area contributed by atoms with E-state index in [4.69, 9.17) is 0 Å². The van der Waals surface area contributed by atoms with E-state index in [1.165, 1.54) is 16.2 Å². The maximum absolute atomic E-state index is 12.8. The summed E-state index contributed by atoms with van der Waals surface area (Å²) < 4.78 is 0. The van der Waals surface area contributed by atoms with Gasteiger partial charge in [0.1, 0.15) is 0 Å². The van der Waals surface area contributed by atoms with E-state index in [0.29, 0.717) is 43.9 Å². The van der Waals surface area contributed by atoms with Crippen LogP contribution in [0.15, 0.2) is 6.07 Å². The predicted octanol–water partition coefficient (Wildman–Crippen LogP) is 1.25. The first-order valence-electron chi connectivity index (χ1n) is 8.43. The molecule has 3 heterocycles. The molecule has 3 amide bonds. The number of piperidine rings is 1. The summed E-state index contributed by atoms with van der Waals surface area (Å²) in [6, 6.07) is 1.90. The van der Waals surface area contributed by atoms with Crippen LogP contribution in [0.25, 0.3) is 0 Å². The molecule has 1 N–H and O–H groups in total. The number of amides is 3. The van der Waals surface area contributed by atoms with Crippen LogP contribution in [-0.2, 0) is 22.6 Å². The van der Waals surface area contributed by atoms with Crippen LogP contribution >= 0.6 is 11.3 Å². The van der Waals surface area contributed by atoms with E-state index in [-0.39, 0.29) is 23.6 Å². The number of hydrogen-bond donors (Lipinski definition) is 1. The van der Waals surface area contributed by atoms with Gasteiger partial charge in [-0.2, -0.15) is 0 Å². The van der Waals surface area contributed by atoms with E-state index in [1.54, 1.807) is 11.9 Å².